The molecule has 0 radical (unpaired) electrons. The minimum absolute atomic E-state index is 0.624. The van der Waals surface area contributed by atoms with Gasteiger partial charge in [0.1, 0.15) is 0 Å². The molecule has 0 spiro atoms. The molecule has 1 unspecified atom stereocenters. The van der Waals surface area contributed by atoms with Crippen LogP contribution in [0.25, 0.3) is 0 Å². The maximum absolute atomic E-state index is 4.40. The van der Waals surface area contributed by atoms with E-state index >= 15 is 0 Å². The molecule has 1 aromatic rings. The number of hydrogen-bond donors (Lipinski definition) is 1. The number of anilines is 1. The van der Waals surface area contributed by atoms with Crippen molar-refractivity contribution in [3.63, 3.8) is 0 Å². The minimum atomic E-state index is 0.624. The van der Waals surface area contributed by atoms with E-state index in [1.807, 2.05) is 18.5 Å². The topological polar surface area (TPSA) is 41.1 Å². The van der Waals surface area contributed by atoms with Gasteiger partial charge < -0.3 is 10.2 Å². The molecule has 2 aliphatic carbocycles. The summed E-state index contributed by atoms with van der Waals surface area (Å²) >= 11 is 0. The Kier molecular flexibility index (Phi) is 3.34. The van der Waals surface area contributed by atoms with E-state index in [0.717, 1.165) is 36.9 Å². The summed E-state index contributed by atoms with van der Waals surface area (Å²) in [6, 6.07) is 3.31. The third-order valence-corrected chi connectivity index (χ3v) is 4.94. The number of nitrogens with zero attached hydrogens (tertiary/aromatic N) is 3. The molecule has 0 amide bonds. The van der Waals surface area contributed by atoms with Gasteiger partial charge in [-0.05, 0) is 56.4 Å². The summed E-state index contributed by atoms with van der Waals surface area (Å²) < 4.78 is 0. The Balaban J connectivity index is 1.39. The number of rotatable bonds is 5. The average Bonchev–Trinajstić information content (AvgIpc) is 3.40. The predicted octanol–water partition coefficient (Wildman–Crippen LogP) is 2.22. The summed E-state index contributed by atoms with van der Waals surface area (Å²) in [7, 11) is 0. The van der Waals surface area contributed by atoms with Crippen molar-refractivity contribution in [1.29, 1.82) is 0 Å². The molecule has 108 valence electrons. The molecule has 20 heavy (non-hydrogen) atoms. The van der Waals surface area contributed by atoms with Crippen LogP contribution in [-0.4, -0.2) is 35.1 Å². The van der Waals surface area contributed by atoms with Crippen LogP contribution in [0.3, 0.4) is 0 Å². The molecule has 1 N–H and O–H groups in total. The van der Waals surface area contributed by atoms with Crippen LogP contribution in [0.1, 0.15) is 38.5 Å². The van der Waals surface area contributed by atoms with Crippen LogP contribution in [-0.2, 0) is 0 Å². The fraction of sp³-hybridized carbons (Fsp3) is 0.750. The quantitative estimate of drug-likeness (QED) is 0.892. The van der Waals surface area contributed by atoms with Crippen molar-refractivity contribution in [2.45, 2.75) is 50.6 Å². The molecular formula is C16H24N4. The highest BCUT2D eigenvalue weighted by atomic mass is 15.3. The standard InChI is InChI=1S/C16H24N4/c1-3-14(19-15(12-4-5-12)13-6-7-13)11-20(10-1)16-17-8-2-9-18-16/h2,8-9,12-15,19H,1,3-7,10-11H2. The number of hydrogen-bond acceptors (Lipinski definition) is 4. The Morgan fingerprint density at radius 2 is 1.75 bits per heavy atom. The molecular weight excluding hydrogens is 248 g/mol. The maximum atomic E-state index is 4.40. The Labute approximate surface area is 121 Å². The van der Waals surface area contributed by atoms with Crippen molar-refractivity contribution in [3.05, 3.63) is 18.5 Å². The van der Waals surface area contributed by atoms with E-state index in [9.17, 15) is 0 Å². The second-order valence-electron chi connectivity index (χ2n) is 6.70. The predicted molar refractivity (Wildman–Crippen MR) is 79.6 cm³/mol. The summed E-state index contributed by atoms with van der Waals surface area (Å²) in [6.45, 7) is 2.17. The zero-order chi connectivity index (χ0) is 13.4. The van der Waals surface area contributed by atoms with Gasteiger partial charge in [-0.2, -0.15) is 0 Å². The molecule has 2 saturated carbocycles. The molecule has 0 aromatic carbocycles. The molecule has 2 heterocycles. The van der Waals surface area contributed by atoms with E-state index < -0.39 is 0 Å². The van der Waals surface area contributed by atoms with Gasteiger partial charge in [0, 0.05) is 37.6 Å². The van der Waals surface area contributed by atoms with E-state index in [4.69, 9.17) is 0 Å². The summed E-state index contributed by atoms with van der Waals surface area (Å²) in [5, 5.41) is 3.98. The van der Waals surface area contributed by atoms with E-state index in [2.05, 4.69) is 20.2 Å². The number of nitrogens with one attached hydrogen (secondary N) is 1. The van der Waals surface area contributed by atoms with Gasteiger partial charge >= 0.3 is 0 Å². The number of aromatic nitrogens is 2. The third kappa shape index (κ3) is 2.80. The van der Waals surface area contributed by atoms with Gasteiger partial charge in [0.05, 0.1) is 0 Å². The molecule has 4 nitrogen and oxygen atoms in total. The van der Waals surface area contributed by atoms with E-state index in [-0.39, 0.29) is 0 Å². The fourth-order valence-corrected chi connectivity index (χ4v) is 3.59. The van der Waals surface area contributed by atoms with Crippen LogP contribution in [0, 0.1) is 11.8 Å². The van der Waals surface area contributed by atoms with Gasteiger partial charge in [-0.15, -0.1) is 0 Å². The first kappa shape index (κ1) is 12.6. The molecule has 1 atom stereocenters. The molecule has 0 bridgehead atoms. The maximum Gasteiger partial charge on any atom is 0.225 e. The lowest BCUT2D eigenvalue weighted by atomic mass is 10.0. The van der Waals surface area contributed by atoms with Crippen LogP contribution < -0.4 is 10.2 Å². The number of piperidine rings is 1. The summed E-state index contributed by atoms with van der Waals surface area (Å²) in [5.41, 5.74) is 0. The Morgan fingerprint density at radius 1 is 1.05 bits per heavy atom. The molecule has 4 heteroatoms. The second kappa shape index (κ2) is 5.32. The summed E-state index contributed by atoms with van der Waals surface area (Å²) in [5.74, 6) is 2.85. The van der Waals surface area contributed by atoms with Crippen molar-refractivity contribution in [2.24, 2.45) is 11.8 Å². The average molecular weight is 272 g/mol. The van der Waals surface area contributed by atoms with Crippen LogP contribution >= 0.6 is 0 Å². The third-order valence-electron chi connectivity index (χ3n) is 4.94. The lowest BCUT2D eigenvalue weighted by Gasteiger charge is -2.35. The molecule has 3 fully saturated rings. The van der Waals surface area contributed by atoms with Gasteiger partial charge in [-0.1, -0.05) is 0 Å². The van der Waals surface area contributed by atoms with Crippen molar-refractivity contribution in [1.82, 2.24) is 15.3 Å². The lowest BCUT2D eigenvalue weighted by Crippen LogP contribution is -2.50. The molecule has 3 aliphatic rings. The first-order valence-electron chi connectivity index (χ1n) is 8.18. The molecule has 1 aromatic heterocycles. The minimum Gasteiger partial charge on any atom is -0.339 e. The van der Waals surface area contributed by atoms with Crippen molar-refractivity contribution in [2.75, 3.05) is 18.0 Å². The monoisotopic (exact) mass is 272 g/mol. The van der Waals surface area contributed by atoms with Crippen LogP contribution in [0.5, 0.6) is 0 Å². The Morgan fingerprint density at radius 3 is 2.40 bits per heavy atom. The van der Waals surface area contributed by atoms with Crippen molar-refractivity contribution >= 4 is 5.95 Å². The lowest BCUT2D eigenvalue weighted by molar-refractivity contribution is 0.327. The van der Waals surface area contributed by atoms with Gasteiger partial charge in [-0.3, -0.25) is 0 Å². The van der Waals surface area contributed by atoms with Crippen LogP contribution in [0.2, 0.25) is 0 Å². The second-order valence-corrected chi connectivity index (χ2v) is 6.70. The zero-order valence-corrected chi connectivity index (χ0v) is 12.0. The smallest absolute Gasteiger partial charge is 0.225 e. The van der Waals surface area contributed by atoms with Crippen LogP contribution in [0.4, 0.5) is 5.95 Å². The zero-order valence-electron chi connectivity index (χ0n) is 12.0. The first-order chi connectivity index (χ1) is 9.90. The Hall–Kier alpha value is -1.16. The van der Waals surface area contributed by atoms with Crippen molar-refractivity contribution < 1.29 is 0 Å². The highest BCUT2D eigenvalue weighted by molar-refractivity contribution is 5.29. The van der Waals surface area contributed by atoms with Gasteiger partial charge in [-0.25, -0.2) is 9.97 Å². The molecule has 1 saturated heterocycles. The summed E-state index contributed by atoms with van der Waals surface area (Å²) in [4.78, 5) is 11.1. The van der Waals surface area contributed by atoms with Crippen LogP contribution in [0.15, 0.2) is 18.5 Å². The molecule has 4 rings (SSSR count). The fourth-order valence-electron chi connectivity index (χ4n) is 3.59. The molecule has 1 aliphatic heterocycles. The Bertz CT molecular complexity index is 429. The van der Waals surface area contributed by atoms with E-state index in [0.29, 0.717) is 6.04 Å². The van der Waals surface area contributed by atoms with E-state index in [1.54, 1.807) is 0 Å². The van der Waals surface area contributed by atoms with Crippen molar-refractivity contribution in [3.8, 4) is 0 Å². The van der Waals surface area contributed by atoms with Gasteiger partial charge in [0.25, 0.3) is 0 Å². The summed E-state index contributed by atoms with van der Waals surface area (Å²) in [6.07, 6.45) is 12.0. The SMILES string of the molecule is c1cnc(N2CCCC(NC(C3CC3)C3CC3)C2)nc1. The van der Waals surface area contributed by atoms with Gasteiger partial charge in [0.2, 0.25) is 5.95 Å². The van der Waals surface area contributed by atoms with E-state index in [1.165, 1.54) is 38.5 Å². The highest BCUT2D eigenvalue weighted by Crippen LogP contribution is 2.44. The van der Waals surface area contributed by atoms with Gasteiger partial charge in [0.15, 0.2) is 0 Å². The largest absolute Gasteiger partial charge is 0.339 e. The first-order valence-corrected chi connectivity index (χ1v) is 8.18. The normalized spacial score (nSPS) is 27.1. The highest BCUT2D eigenvalue weighted by Gasteiger charge is 2.42.